The molecule has 1 amide bonds. The van der Waals surface area contributed by atoms with E-state index in [1.54, 1.807) is 0 Å². The van der Waals surface area contributed by atoms with Gasteiger partial charge in [0.1, 0.15) is 0 Å². The first-order valence-corrected chi connectivity index (χ1v) is 7.25. The Balaban J connectivity index is 2.28. The Kier molecular flexibility index (Phi) is 5.12. The standard InChI is InChI=1S/C18H22N2O/c1-13(2)16(19)18(21)20-17(14-9-5-3-6-10-14)15-11-7-4-8-12-15/h3-13,16-17H,19H2,1-2H3,(H,20,21). The number of nitrogens with two attached hydrogens (primary N) is 1. The largest absolute Gasteiger partial charge is 0.344 e. The van der Waals surface area contributed by atoms with Crippen molar-refractivity contribution in [2.75, 3.05) is 0 Å². The lowest BCUT2D eigenvalue weighted by Crippen LogP contribution is -2.45. The first-order chi connectivity index (χ1) is 10.1. The van der Waals surface area contributed by atoms with Crippen molar-refractivity contribution in [2.24, 2.45) is 11.7 Å². The summed E-state index contributed by atoms with van der Waals surface area (Å²) in [6.45, 7) is 3.90. The van der Waals surface area contributed by atoms with E-state index >= 15 is 0 Å². The van der Waals surface area contributed by atoms with E-state index in [4.69, 9.17) is 5.73 Å². The second-order valence-corrected chi connectivity index (χ2v) is 5.53. The number of nitrogens with one attached hydrogen (secondary N) is 1. The zero-order valence-corrected chi connectivity index (χ0v) is 12.5. The fourth-order valence-corrected chi connectivity index (χ4v) is 2.19. The number of rotatable bonds is 5. The maximum absolute atomic E-state index is 12.3. The zero-order chi connectivity index (χ0) is 15.2. The van der Waals surface area contributed by atoms with Crippen molar-refractivity contribution in [1.29, 1.82) is 0 Å². The summed E-state index contributed by atoms with van der Waals surface area (Å²) in [4.78, 5) is 12.3. The van der Waals surface area contributed by atoms with Crippen LogP contribution in [0.3, 0.4) is 0 Å². The topological polar surface area (TPSA) is 55.1 Å². The number of hydrogen-bond acceptors (Lipinski definition) is 2. The average Bonchev–Trinajstić information content (AvgIpc) is 2.53. The van der Waals surface area contributed by atoms with E-state index in [1.807, 2.05) is 74.5 Å². The van der Waals surface area contributed by atoms with E-state index in [9.17, 15) is 4.79 Å². The molecule has 0 aliphatic carbocycles. The predicted molar refractivity (Wildman–Crippen MR) is 85.7 cm³/mol. The van der Waals surface area contributed by atoms with Gasteiger partial charge in [-0.1, -0.05) is 74.5 Å². The second kappa shape index (κ2) is 7.04. The van der Waals surface area contributed by atoms with Crippen LogP contribution < -0.4 is 11.1 Å². The van der Waals surface area contributed by atoms with Crippen molar-refractivity contribution in [1.82, 2.24) is 5.32 Å². The Labute approximate surface area is 126 Å². The Morgan fingerprint density at radius 3 is 1.71 bits per heavy atom. The molecule has 21 heavy (non-hydrogen) atoms. The lowest BCUT2D eigenvalue weighted by atomic mass is 9.97. The lowest BCUT2D eigenvalue weighted by molar-refractivity contribution is -0.123. The van der Waals surface area contributed by atoms with Crippen molar-refractivity contribution >= 4 is 5.91 Å². The van der Waals surface area contributed by atoms with Crippen LogP contribution in [0.25, 0.3) is 0 Å². The molecule has 2 rings (SSSR count). The molecule has 1 atom stereocenters. The van der Waals surface area contributed by atoms with Gasteiger partial charge >= 0.3 is 0 Å². The summed E-state index contributed by atoms with van der Waals surface area (Å²) in [5, 5.41) is 3.07. The van der Waals surface area contributed by atoms with Crippen molar-refractivity contribution in [3.05, 3.63) is 71.8 Å². The molecule has 3 heteroatoms. The molecule has 0 fully saturated rings. The number of hydrogen-bond donors (Lipinski definition) is 2. The molecule has 1 unspecified atom stereocenters. The average molecular weight is 282 g/mol. The molecule has 3 N–H and O–H groups in total. The van der Waals surface area contributed by atoms with Crippen LogP contribution in [0.1, 0.15) is 31.0 Å². The molecule has 110 valence electrons. The van der Waals surface area contributed by atoms with Crippen LogP contribution in [0.4, 0.5) is 0 Å². The smallest absolute Gasteiger partial charge is 0.237 e. The summed E-state index contributed by atoms with van der Waals surface area (Å²) in [6, 6.07) is 19.2. The highest BCUT2D eigenvalue weighted by atomic mass is 16.2. The summed E-state index contributed by atoms with van der Waals surface area (Å²) >= 11 is 0. The van der Waals surface area contributed by atoms with Crippen LogP contribution in [0.2, 0.25) is 0 Å². The fraction of sp³-hybridized carbons (Fsp3) is 0.278. The highest BCUT2D eigenvalue weighted by molar-refractivity contribution is 5.82. The Morgan fingerprint density at radius 1 is 0.905 bits per heavy atom. The van der Waals surface area contributed by atoms with Gasteiger partial charge in [0.2, 0.25) is 5.91 Å². The highest BCUT2D eigenvalue weighted by Gasteiger charge is 2.22. The van der Waals surface area contributed by atoms with E-state index in [0.717, 1.165) is 11.1 Å². The summed E-state index contributed by atoms with van der Waals surface area (Å²) in [5.74, 6) is -0.0140. The molecule has 0 saturated heterocycles. The highest BCUT2D eigenvalue weighted by Crippen LogP contribution is 2.22. The SMILES string of the molecule is CC(C)C(N)C(=O)NC(c1ccccc1)c1ccccc1. The van der Waals surface area contributed by atoms with E-state index in [1.165, 1.54) is 0 Å². The van der Waals surface area contributed by atoms with Gasteiger partial charge in [-0.15, -0.1) is 0 Å². The third-order valence-corrected chi connectivity index (χ3v) is 3.57. The fourth-order valence-electron chi connectivity index (χ4n) is 2.19. The van der Waals surface area contributed by atoms with Crippen molar-refractivity contribution in [3.8, 4) is 0 Å². The molecule has 0 heterocycles. The molecule has 3 nitrogen and oxygen atoms in total. The monoisotopic (exact) mass is 282 g/mol. The number of carbonyl (C=O) groups is 1. The Bertz CT molecular complexity index is 527. The molecular weight excluding hydrogens is 260 g/mol. The minimum Gasteiger partial charge on any atom is -0.344 e. The zero-order valence-electron chi connectivity index (χ0n) is 12.5. The van der Waals surface area contributed by atoms with Crippen LogP contribution in [0, 0.1) is 5.92 Å². The number of carbonyl (C=O) groups excluding carboxylic acids is 1. The third-order valence-electron chi connectivity index (χ3n) is 3.57. The van der Waals surface area contributed by atoms with Crippen LogP contribution >= 0.6 is 0 Å². The van der Waals surface area contributed by atoms with Crippen molar-refractivity contribution < 1.29 is 4.79 Å². The summed E-state index contributed by atoms with van der Waals surface area (Å²) in [5.41, 5.74) is 8.05. The lowest BCUT2D eigenvalue weighted by Gasteiger charge is -2.23. The molecule has 0 saturated carbocycles. The summed E-state index contributed by atoms with van der Waals surface area (Å²) in [7, 11) is 0. The number of benzene rings is 2. The quantitative estimate of drug-likeness (QED) is 0.886. The van der Waals surface area contributed by atoms with Crippen LogP contribution in [-0.2, 0) is 4.79 Å². The number of amides is 1. The van der Waals surface area contributed by atoms with Gasteiger partial charge in [0.15, 0.2) is 0 Å². The van der Waals surface area contributed by atoms with E-state index in [0.29, 0.717) is 0 Å². The molecule has 0 aromatic heterocycles. The molecular formula is C18H22N2O. The third kappa shape index (κ3) is 3.92. The molecule has 0 radical (unpaired) electrons. The minimum absolute atomic E-state index is 0.109. The van der Waals surface area contributed by atoms with Gasteiger partial charge in [0.05, 0.1) is 12.1 Å². The van der Waals surface area contributed by atoms with Gasteiger partial charge in [-0.2, -0.15) is 0 Å². The Morgan fingerprint density at radius 2 is 1.33 bits per heavy atom. The van der Waals surface area contributed by atoms with Crippen molar-refractivity contribution in [2.45, 2.75) is 25.9 Å². The maximum Gasteiger partial charge on any atom is 0.237 e. The second-order valence-electron chi connectivity index (χ2n) is 5.53. The first kappa shape index (κ1) is 15.3. The van der Waals surface area contributed by atoms with E-state index in [-0.39, 0.29) is 17.9 Å². The Hall–Kier alpha value is -2.13. The molecule has 0 bridgehead atoms. The van der Waals surface area contributed by atoms with Gasteiger partial charge in [0, 0.05) is 0 Å². The molecule has 2 aromatic carbocycles. The molecule has 0 aliphatic heterocycles. The first-order valence-electron chi connectivity index (χ1n) is 7.25. The molecule has 0 aliphatic rings. The van der Waals surface area contributed by atoms with Crippen LogP contribution in [-0.4, -0.2) is 11.9 Å². The summed E-state index contributed by atoms with van der Waals surface area (Å²) < 4.78 is 0. The minimum atomic E-state index is -0.500. The van der Waals surface area contributed by atoms with Gasteiger partial charge < -0.3 is 11.1 Å². The van der Waals surface area contributed by atoms with Crippen molar-refractivity contribution in [3.63, 3.8) is 0 Å². The normalized spacial score (nSPS) is 12.4. The van der Waals surface area contributed by atoms with E-state index in [2.05, 4.69) is 5.32 Å². The van der Waals surface area contributed by atoms with Gasteiger partial charge in [0.25, 0.3) is 0 Å². The molecule has 2 aromatic rings. The van der Waals surface area contributed by atoms with Gasteiger partial charge in [-0.05, 0) is 17.0 Å². The van der Waals surface area contributed by atoms with Crippen LogP contribution in [0.5, 0.6) is 0 Å². The molecule has 0 spiro atoms. The van der Waals surface area contributed by atoms with Gasteiger partial charge in [-0.25, -0.2) is 0 Å². The maximum atomic E-state index is 12.3. The summed E-state index contributed by atoms with van der Waals surface area (Å²) in [6.07, 6.45) is 0. The predicted octanol–water partition coefficient (Wildman–Crippen LogP) is 2.88. The van der Waals surface area contributed by atoms with Gasteiger partial charge in [-0.3, -0.25) is 4.79 Å². The van der Waals surface area contributed by atoms with Crippen LogP contribution in [0.15, 0.2) is 60.7 Å². The van der Waals surface area contributed by atoms with E-state index < -0.39 is 6.04 Å².